The molecule has 1 saturated heterocycles. The van der Waals surface area contributed by atoms with Gasteiger partial charge in [0.1, 0.15) is 5.75 Å². The van der Waals surface area contributed by atoms with Crippen molar-refractivity contribution in [2.24, 2.45) is 12.5 Å². The van der Waals surface area contributed by atoms with Gasteiger partial charge < -0.3 is 14.6 Å². The number of carboxylic acid groups (broad SMARTS) is 1. The molecule has 1 N–H and O–H groups in total. The number of carbonyl (C=O) groups is 1. The zero-order valence-electron chi connectivity index (χ0n) is 12.6. The van der Waals surface area contributed by atoms with E-state index in [1.165, 1.54) is 0 Å². The molecule has 1 fully saturated rings. The van der Waals surface area contributed by atoms with Crippen molar-refractivity contribution >= 4 is 5.97 Å². The third kappa shape index (κ3) is 2.69. The molecule has 1 aliphatic heterocycles. The van der Waals surface area contributed by atoms with Crippen LogP contribution in [0.3, 0.4) is 0 Å². The van der Waals surface area contributed by atoms with Gasteiger partial charge in [-0.05, 0) is 18.2 Å². The minimum absolute atomic E-state index is 0.0201. The van der Waals surface area contributed by atoms with Crippen LogP contribution in [0.5, 0.6) is 5.75 Å². The molecule has 6 heteroatoms. The van der Waals surface area contributed by atoms with Crippen LogP contribution >= 0.6 is 0 Å². The van der Waals surface area contributed by atoms with Gasteiger partial charge in [-0.1, -0.05) is 19.1 Å². The van der Waals surface area contributed by atoms with Gasteiger partial charge in [0, 0.05) is 18.0 Å². The Hall–Kier alpha value is -2.34. The van der Waals surface area contributed by atoms with Gasteiger partial charge in [0.15, 0.2) is 5.69 Å². The first kappa shape index (κ1) is 14.6. The lowest BCUT2D eigenvalue weighted by atomic mass is 9.90. The molecule has 3 rings (SSSR count). The predicted octanol–water partition coefficient (Wildman–Crippen LogP) is 2.20. The molecule has 0 unspecified atom stereocenters. The van der Waals surface area contributed by atoms with Crippen LogP contribution in [-0.4, -0.2) is 40.7 Å². The molecule has 1 aromatic heterocycles. The molecule has 0 aliphatic carbocycles. The molecule has 0 atom stereocenters. The van der Waals surface area contributed by atoms with Crippen molar-refractivity contribution in [3.05, 3.63) is 36.0 Å². The largest absolute Gasteiger partial charge is 0.492 e. The van der Waals surface area contributed by atoms with Gasteiger partial charge in [0.05, 0.1) is 25.5 Å². The summed E-state index contributed by atoms with van der Waals surface area (Å²) in [6, 6.07) is 9.12. The van der Waals surface area contributed by atoms with Crippen LogP contribution in [0.2, 0.25) is 0 Å². The smallest absolute Gasteiger partial charge is 0.356 e. The Kier molecular flexibility index (Phi) is 3.62. The molecular weight excluding hydrogens is 284 g/mol. The first-order valence-electron chi connectivity index (χ1n) is 7.06. The zero-order valence-corrected chi connectivity index (χ0v) is 12.6. The highest BCUT2D eigenvalue weighted by Gasteiger charge is 2.34. The highest BCUT2D eigenvalue weighted by molar-refractivity contribution is 5.87. The van der Waals surface area contributed by atoms with Gasteiger partial charge in [0.2, 0.25) is 0 Å². The minimum atomic E-state index is -1.04. The van der Waals surface area contributed by atoms with Gasteiger partial charge in [-0.3, -0.25) is 4.68 Å². The number of aromatic carboxylic acids is 1. The molecular formula is C16H18N2O4. The van der Waals surface area contributed by atoms with Crippen LogP contribution in [0.15, 0.2) is 30.3 Å². The first-order chi connectivity index (χ1) is 10.5. The van der Waals surface area contributed by atoms with Crippen LogP contribution in [0, 0.1) is 5.41 Å². The summed E-state index contributed by atoms with van der Waals surface area (Å²) in [4.78, 5) is 11.1. The molecule has 22 heavy (non-hydrogen) atoms. The van der Waals surface area contributed by atoms with E-state index in [1.807, 2.05) is 24.3 Å². The van der Waals surface area contributed by atoms with Crippen molar-refractivity contribution in [1.82, 2.24) is 9.78 Å². The summed E-state index contributed by atoms with van der Waals surface area (Å²) in [5, 5.41) is 13.1. The lowest BCUT2D eigenvalue weighted by molar-refractivity contribution is -0.120. The van der Waals surface area contributed by atoms with Gasteiger partial charge in [-0.2, -0.15) is 5.10 Å². The van der Waals surface area contributed by atoms with Crippen molar-refractivity contribution in [2.45, 2.75) is 6.92 Å². The van der Waals surface area contributed by atoms with Gasteiger partial charge in [-0.25, -0.2) is 4.79 Å². The van der Waals surface area contributed by atoms with Gasteiger partial charge in [-0.15, -0.1) is 0 Å². The number of nitrogens with zero attached hydrogens (tertiary/aromatic N) is 2. The highest BCUT2D eigenvalue weighted by Crippen LogP contribution is 2.33. The van der Waals surface area contributed by atoms with E-state index in [0.29, 0.717) is 25.5 Å². The molecule has 2 heterocycles. The molecule has 0 radical (unpaired) electrons. The average Bonchev–Trinajstić information content (AvgIpc) is 2.85. The Morgan fingerprint density at radius 3 is 2.77 bits per heavy atom. The topological polar surface area (TPSA) is 73.6 Å². The monoisotopic (exact) mass is 302 g/mol. The van der Waals surface area contributed by atoms with Gasteiger partial charge in [0.25, 0.3) is 0 Å². The van der Waals surface area contributed by atoms with Crippen LogP contribution in [-0.2, 0) is 11.8 Å². The number of hydrogen-bond acceptors (Lipinski definition) is 4. The van der Waals surface area contributed by atoms with E-state index in [2.05, 4.69) is 12.0 Å². The molecule has 6 nitrogen and oxygen atoms in total. The van der Waals surface area contributed by atoms with Crippen molar-refractivity contribution in [2.75, 3.05) is 19.8 Å². The Morgan fingerprint density at radius 1 is 1.45 bits per heavy atom. The second-order valence-electron chi connectivity index (χ2n) is 5.93. The summed E-state index contributed by atoms with van der Waals surface area (Å²) in [6.07, 6.45) is 0. The Balaban J connectivity index is 1.89. The number of rotatable bonds is 5. The average molecular weight is 302 g/mol. The van der Waals surface area contributed by atoms with Crippen molar-refractivity contribution in [1.29, 1.82) is 0 Å². The quantitative estimate of drug-likeness (QED) is 0.916. The Bertz CT molecular complexity index is 704. The fourth-order valence-electron chi connectivity index (χ4n) is 2.41. The molecule has 0 saturated carbocycles. The van der Waals surface area contributed by atoms with Crippen LogP contribution < -0.4 is 4.74 Å². The second-order valence-corrected chi connectivity index (χ2v) is 5.93. The first-order valence-corrected chi connectivity index (χ1v) is 7.06. The number of aromatic nitrogens is 2. The Morgan fingerprint density at radius 2 is 2.18 bits per heavy atom. The Labute approximate surface area is 128 Å². The zero-order chi connectivity index (χ0) is 15.7. The van der Waals surface area contributed by atoms with Crippen molar-refractivity contribution < 1.29 is 19.4 Å². The third-order valence-corrected chi connectivity index (χ3v) is 3.74. The summed E-state index contributed by atoms with van der Waals surface area (Å²) < 4.78 is 12.7. The summed E-state index contributed by atoms with van der Waals surface area (Å²) in [5.74, 6) is -0.324. The maximum atomic E-state index is 11.1. The van der Waals surface area contributed by atoms with Crippen LogP contribution in [0.1, 0.15) is 17.4 Å². The molecule has 0 amide bonds. The third-order valence-electron chi connectivity index (χ3n) is 3.74. The molecule has 0 spiro atoms. The lowest BCUT2D eigenvalue weighted by Gasteiger charge is -2.37. The number of carboxylic acids is 1. The van der Waals surface area contributed by atoms with E-state index in [1.54, 1.807) is 17.8 Å². The summed E-state index contributed by atoms with van der Waals surface area (Å²) in [5.41, 5.74) is 1.61. The highest BCUT2D eigenvalue weighted by atomic mass is 16.5. The fourth-order valence-corrected chi connectivity index (χ4v) is 2.41. The number of ether oxygens (including phenoxy) is 2. The fraction of sp³-hybridized carbons (Fsp3) is 0.375. The second kappa shape index (κ2) is 5.46. The minimum Gasteiger partial charge on any atom is -0.492 e. The lowest BCUT2D eigenvalue weighted by Crippen LogP contribution is -2.44. The number of para-hydroxylation sites is 1. The van der Waals surface area contributed by atoms with Crippen LogP contribution in [0.25, 0.3) is 11.3 Å². The normalized spacial score (nSPS) is 16.1. The SMILES string of the molecule is Cn1nc(C(=O)O)cc1-c1ccccc1OCC1(C)COC1. The van der Waals surface area contributed by atoms with E-state index in [4.69, 9.17) is 14.6 Å². The molecule has 0 bridgehead atoms. The maximum absolute atomic E-state index is 11.1. The van der Waals surface area contributed by atoms with E-state index in [-0.39, 0.29) is 11.1 Å². The van der Waals surface area contributed by atoms with E-state index in [0.717, 1.165) is 11.3 Å². The van der Waals surface area contributed by atoms with E-state index < -0.39 is 5.97 Å². The molecule has 1 aliphatic rings. The summed E-state index contributed by atoms with van der Waals surface area (Å²) in [6.45, 7) is 4.08. The van der Waals surface area contributed by atoms with E-state index >= 15 is 0 Å². The molecule has 2 aromatic rings. The van der Waals surface area contributed by atoms with Crippen molar-refractivity contribution in [3.63, 3.8) is 0 Å². The summed E-state index contributed by atoms with van der Waals surface area (Å²) in [7, 11) is 1.72. The summed E-state index contributed by atoms with van der Waals surface area (Å²) >= 11 is 0. The predicted molar refractivity (Wildman–Crippen MR) is 80.0 cm³/mol. The number of aryl methyl sites for hydroxylation is 1. The van der Waals surface area contributed by atoms with Gasteiger partial charge >= 0.3 is 5.97 Å². The number of hydrogen-bond donors (Lipinski definition) is 1. The van der Waals surface area contributed by atoms with Crippen molar-refractivity contribution in [3.8, 4) is 17.0 Å². The standard InChI is InChI=1S/C16H18N2O4/c1-16(8-21-9-16)10-22-14-6-4-3-5-11(14)13-7-12(15(19)20)17-18(13)2/h3-7H,8-10H2,1-2H3,(H,19,20). The molecule has 1 aromatic carbocycles. The number of benzene rings is 1. The maximum Gasteiger partial charge on any atom is 0.356 e. The molecule has 116 valence electrons. The van der Waals surface area contributed by atoms with E-state index in [9.17, 15) is 4.79 Å². The van der Waals surface area contributed by atoms with Crippen LogP contribution in [0.4, 0.5) is 0 Å².